The molecule has 296 valence electrons. The SMILES string of the molecule is COc1ccc(C(NC(=O)C(CSSC(C)(C)C)NC(=O)CCC(=O)On2c(O)ccc2O)c2ccc(OCC(=O)On3c(O)ccc3O)cc2)c(OC)c1. The van der Waals surface area contributed by atoms with Gasteiger partial charge in [0.1, 0.15) is 23.3 Å². The lowest BCUT2D eigenvalue weighted by Crippen LogP contribution is -2.49. The van der Waals surface area contributed by atoms with E-state index in [0.29, 0.717) is 32.1 Å². The maximum absolute atomic E-state index is 14.1. The quantitative estimate of drug-likeness (QED) is 0.0792. The number of hydrogen-bond acceptors (Lipinski definition) is 15. The van der Waals surface area contributed by atoms with Gasteiger partial charge in [-0.1, -0.05) is 54.5 Å². The van der Waals surface area contributed by atoms with E-state index in [9.17, 15) is 39.6 Å². The highest BCUT2D eigenvalue weighted by atomic mass is 33.1. The fourth-order valence-electron chi connectivity index (χ4n) is 4.75. The Labute approximate surface area is 323 Å². The van der Waals surface area contributed by atoms with Crippen molar-refractivity contribution in [2.75, 3.05) is 26.6 Å². The average Bonchev–Trinajstić information content (AvgIpc) is 3.64. The minimum atomic E-state index is -1.07. The van der Waals surface area contributed by atoms with Crippen LogP contribution < -0.4 is 34.5 Å². The van der Waals surface area contributed by atoms with Gasteiger partial charge in [-0.05, 0) is 29.8 Å². The first-order valence-electron chi connectivity index (χ1n) is 16.5. The Morgan fingerprint density at radius 3 is 1.84 bits per heavy atom. The van der Waals surface area contributed by atoms with E-state index in [4.69, 9.17) is 23.9 Å². The van der Waals surface area contributed by atoms with Gasteiger partial charge in [-0.3, -0.25) is 9.59 Å². The lowest BCUT2D eigenvalue weighted by Gasteiger charge is -2.26. The number of aromatic hydroxyl groups is 4. The lowest BCUT2D eigenvalue weighted by molar-refractivity contribution is -0.148. The molecule has 0 aliphatic heterocycles. The molecule has 0 bridgehead atoms. The molecule has 4 rings (SSSR count). The van der Waals surface area contributed by atoms with E-state index >= 15 is 0 Å². The third-order valence-electron chi connectivity index (χ3n) is 7.34. The number of carbonyl (C=O) groups is 4. The van der Waals surface area contributed by atoms with Crippen LogP contribution in [-0.2, 0) is 19.2 Å². The summed E-state index contributed by atoms with van der Waals surface area (Å²) in [6, 6.07) is 14.1. The first-order chi connectivity index (χ1) is 26.1. The largest absolute Gasteiger partial charge is 0.497 e. The van der Waals surface area contributed by atoms with Gasteiger partial charge in [0.2, 0.25) is 35.3 Å². The Hall–Kier alpha value is -5.82. The first kappa shape index (κ1) is 41.9. The van der Waals surface area contributed by atoms with Crippen LogP contribution in [0.3, 0.4) is 0 Å². The van der Waals surface area contributed by atoms with Gasteiger partial charge in [0.25, 0.3) is 0 Å². The molecule has 2 aromatic heterocycles. The lowest BCUT2D eigenvalue weighted by atomic mass is 9.97. The molecule has 2 unspecified atom stereocenters. The number of methoxy groups -OCH3 is 2. The van der Waals surface area contributed by atoms with Crippen molar-refractivity contribution < 1.29 is 63.5 Å². The zero-order chi connectivity index (χ0) is 40.3. The van der Waals surface area contributed by atoms with Crippen LogP contribution in [0.4, 0.5) is 0 Å². The van der Waals surface area contributed by atoms with Crippen LogP contribution in [0.15, 0.2) is 66.7 Å². The molecular formula is C36H42N4O13S2. The zero-order valence-corrected chi connectivity index (χ0v) is 32.1. The summed E-state index contributed by atoms with van der Waals surface area (Å²) in [4.78, 5) is 61.7. The highest BCUT2D eigenvalue weighted by Gasteiger charge is 2.28. The molecule has 55 heavy (non-hydrogen) atoms. The van der Waals surface area contributed by atoms with Crippen molar-refractivity contribution in [2.24, 2.45) is 0 Å². The Morgan fingerprint density at radius 1 is 0.727 bits per heavy atom. The van der Waals surface area contributed by atoms with Crippen molar-refractivity contribution in [3.05, 3.63) is 77.9 Å². The van der Waals surface area contributed by atoms with Gasteiger partial charge in [-0.25, -0.2) is 9.59 Å². The number of nitrogens with one attached hydrogen (secondary N) is 2. The van der Waals surface area contributed by atoms with Crippen molar-refractivity contribution in [2.45, 2.75) is 50.4 Å². The molecular weight excluding hydrogens is 761 g/mol. The van der Waals surface area contributed by atoms with Gasteiger partial charge < -0.3 is 54.9 Å². The van der Waals surface area contributed by atoms with Crippen LogP contribution in [0, 0.1) is 0 Å². The number of aromatic nitrogens is 2. The van der Waals surface area contributed by atoms with Gasteiger partial charge in [0.05, 0.1) is 26.7 Å². The molecule has 2 heterocycles. The van der Waals surface area contributed by atoms with Crippen LogP contribution in [0.2, 0.25) is 0 Å². The summed E-state index contributed by atoms with van der Waals surface area (Å²) >= 11 is 0. The third kappa shape index (κ3) is 12.1. The molecule has 19 heteroatoms. The number of rotatable bonds is 18. The molecule has 4 aromatic rings. The second-order valence-electron chi connectivity index (χ2n) is 12.6. The highest BCUT2D eigenvalue weighted by molar-refractivity contribution is 8.77. The predicted octanol–water partition coefficient (Wildman–Crippen LogP) is 3.47. The third-order valence-corrected chi connectivity index (χ3v) is 10.7. The highest BCUT2D eigenvalue weighted by Crippen LogP contribution is 2.36. The summed E-state index contributed by atoms with van der Waals surface area (Å²) < 4.78 is 17.4. The fourth-order valence-corrected chi connectivity index (χ4v) is 7.21. The van der Waals surface area contributed by atoms with Gasteiger partial charge in [0, 0.05) is 52.8 Å². The smallest absolute Gasteiger partial charge is 0.370 e. The van der Waals surface area contributed by atoms with E-state index in [1.54, 1.807) is 42.5 Å². The second kappa shape index (κ2) is 19.0. The van der Waals surface area contributed by atoms with Crippen LogP contribution in [0.5, 0.6) is 40.8 Å². The molecule has 6 N–H and O–H groups in total. The van der Waals surface area contributed by atoms with Crippen LogP contribution >= 0.6 is 21.6 Å². The fraction of sp³-hybridized carbons (Fsp3) is 0.333. The summed E-state index contributed by atoms with van der Waals surface area (Å²) in [5.41, 5.74) is 1.11. The molecule has 0 aliphatic carbocycles. The standard InChI is InChI=1S/C36H42N4O13S2/c1-36(2,3)55-54-20-25(37-27(41)12-17-32(46)52-39-28(42)13-14-29(39)43)35(48)38-34(24-11-10-23(49-4)18-26(24)50-5)21-6-8-22(9-7-21)51-19-33(47)53-40-30(44)15-16-31(40)45/h6-11,13-16,18,25,34,42-45H,12,17,19-20H2,1-5H3,(H,37,41)(H,38,48). The van der Waals surface area contributed by atoms with E-state index in [0.717, 1.165) is 24.3 Å². The number of amides is 2. The van der Waals surface area contributed by atoms with Crippen molar-refractivity contribution in [1.29, 1.82) is 0 Å². The number of benzene rings is 2. The second-order valence-corrected chi connectivity index (χ2v) is 15.8. The minimum absolute atomic E-state index is 0.156. The zero-order valence-electron chi connectivity index (χ0n) is 30.5. The summed E-state index contributed by atoms with van der Waals surface area (Å²) in [5, 5.41) is 44.6. The Bertz CT molecular complexity index is 1920. The number of ether oxygens (including phenoxy) is 3. The maximum Gasteiger partial charge on any atom is 0.370 e. The maximum atomic E-state index is 14.1. The molecule has 2 amide bonds. The Morgan fingerprint density at radius 2 is 1.29 bits per heavy atom. The van der Waals surface area contributed by atoms with Crippen molar-refractivity contribution in [3.63, 3.8) is 0 Å². The van der Waals surface area contributed by atoms with Crippen LogP contribution in [-0.4, -0.2) is 91.0 Å². The van der Waals surface area contributed by atoms with E-state index in [2.05, 4.69) is 10.6 Å². The molecule has 17 nitrogen and oxygen atoms in total. The number of hydrogen-bond donors (Lipinski definition) is 6. The van der Waals surface area contributed by atoms with Gasteiger partial charge in [0.15, 0.2) is 6.61 Å². The van der Waals surface area contributed by atoms with E-state index < -0.39 is 72.4 Å². The monoisotopic (exact) mass is 802 g/mol. The molecule has 0 radical (unpaired) electrons. The summed E-state index contributed by atoms with van der Waals surface area (Å²) in [7, 11) is 5.86. The first-order valence-corrected chi connectivity index (χ1v) is 18.9. The summed E-state index contributed by atoms with van der Waals surface area (Å²) in [6.07, 6.45) is -0.781. The molecule has 0 fully saturated rings. The summed E-state index contributed by atoms with van der Waals surface area (Å²) in [5.74, 6) is -3.68. The topological polar surface area (TPSA) is 229 Å². The summed E-state index contributed by atoms with van der Waals surface area (Å²) in [6.45, 7) is 5.45. The van der Waals surface area contributed by atoms with E-state index in [1.807, 2.05) is 20.8 Å². The molecule has 2 aromatic carbocycles. The van der Waals surface area contributed by atoms with Crippen molar-refractivity contribution in [3.8, 4) is 40.8 Å². The predicted molar refractivity (Wildman–Crippen MR) is 201 cm³/mol. The van der Waals surface area contributed by atoms with Crippen molar-refractivity contribution in [1.82, 2.24) is 20.1 Å². The van der Waals surface area contributed by atoms with Crippen LogP contribution in [0.25, 0.3) is 0 Å². The molecule has 0 saturated carbocycles. The molecule has 0 spiro atoms. The Kier molecular flexibility index (Phi) is 14.5. The van der Waals surface area contributed by atoms with E-state index in [-0.39, 0.29) is 22.7 Å². The van der Waals surface area contributed by atoms with Crippen LogP contribution in [0.1, 0.15) is 50.8 Å². The molecule has 2 atom stereocenters. The average molecular weight is 803 g/mol. The minimum Gasteiger partial charge on any atom is -0.497 e. The Balaban J connectivity index is 1.52. The number of carbonyl (C=O) groups excluding carboxylic acids is 4. The molecule has 0 aliphatic rings. The van der Waals surface area contributed by atoms with Crippen molar-refractivity contribution >= 4 is 45.3 Å². The molecule has 0 saturated heterocycles. The normalized spacial score (nSPS) is 12.2. The van der Waals surface area contributed by atoms with Gasteiger partial charge in [-0.15, -0.1) is 9.46 Å². The van der Waals surface area contributed by atoms with E-state index in [1.165, 1.54) is 35.8 Å². The number of nitrogens with zero attached hydrogens (tertiary/aromatic N) is 2. The van der Waals surface area contributed by atoms with Gasteiger partial charge in [-0.2, -0.15) is 0 Å². The van der Waals surface area contributed by atoms with Gasteiger partial charge >= 0.3 is 11.9 Å².